The van der Waals surface area contributed by atoms with Crippen molar-refractivity contribution in [1.82, 2.24) is 16.0 Å². The molecule has 11 nitrogen and oxygen atoms in total. The maximum atomic E-state index is 13.3. The average molecular weight is 514 g/mol. The van der Waals surface area contributed by atoms with Crippen LogP contribution in [0.2, 0.25) is 0 Å². The normalized spacial score (nSPS) is 13.1. The highest BCUT2D eigenvalue weighted by molar-refractivity contribution is 5.93. The van der Waals surface area contributed by atoms with Crippen molar-refractivity contribution in [2.24, 2.45) is 11.5 Å². The van der Waals surface area contributed by atoms with E-state index in [0.29, 0.717) is 24.9 Å². The van der Waals surface area contributed by atoms with Gasteiger partial charge in [0.25, 0.3) is 0 Å². The van der Waals surface area contributed by atoms with Crippen molar-refractivity contribution in [1.29, 1.82) is 0 Å². The number of carbonyl (C=O) groups is 4. The van der Waals surface area contributed by atoms with Crippen molar-refractivity contribution >= 4 is 23.7 Å². The Hall–Kier alpha value is -3.96. The van der Waals surface area contributed by atoms with Crippen LogP contribution >= 0.6 is 0 Å². The average Bonchev–Trinajstić information content (AvgIpc) is 2.88. The summed E-state index contributed by atoms with van der Waals surface area (Å²) in [7, 11) is 0. The van der Waals surface area contributed by atoms with E-state index in [1.807, 2.05) is 6.07 Å². The summed E-state index contributed by atoms with van der Waals surface area (Å²) in [4.78, 5) is 50.2. The number of hydrogen-bond donors (Lipinski definition) is 7. The number of aliphatic carboxylic acids is 1. The van der Waals surface area contributed by atoms with Crippen LogP contribution in [0.5, 0.6) is 5.75 Å². The zero-order valence-electron chi connectivity index (χ0n) is 20.6. The lowest BCUT2D eigenvalue weighted by atomic mass is 10.0. The molecule has 9 N–H and O–H groups in total. The van der Waals surface area contributed by atoms with Crippen LogP contribution in [0, 0.1) is 0 Å². The van der Waals surface area contributed by atoms with Crippen molar-refractivity contribution in [2.45, 2.75) is 50.2 Å². The van der Waals surface area contributed by atoms with E-state index in [0.717, 1.165) is 5.56 Å². The van der Waals surface area contributed by atoms with Crippen molar-refractivity contribution in [2.75, 3.05) is 13.1 Å². The topological polar surface area (TPSA) is 197 Å². The number of hydrogen-bond acceptors (Lipinski definition) is 7. The summed E-state index contributed by atoms with van der Waals surface area (Å²) < 4.78 is 0. The molecule has 2 aromatic rings. The van der Waals surface area contributed by atoms with E-state index in [1.54, 1.807) is 36.4 Å². The summed E-state index contributed by atoms with van der Waals surface area (Å²) in [6.07, 6.45) is 1.51. The predicted octanol–water partition coefficient (Wildman–Crippen LogP) is -0.196. The molecular formula is C26H35N5O6. The highest BCUT2D eigenvalue weighted by atomic mass is 16.4. The number of carboxylic acids is 1. The number of phenols is 1. The molecular weight excluding hydrogens is 478 g/mol. The molecule has 0 saturated carbocycles. The second-order valence-corrected chi connectivity index (χ2v) is 8.63. The van der Waals surface area contributed by atoms with Gasteiger partial charge in [0.1, 0.15) is 23.9 Å². The molecule has 0 heterocycles. The molecule has 0 radical (unpaired) electrons. The van der Waals surface area contributed by atoms with E-state index in [9.17, 15) is 29.4 Å². The minimum Gasteiger partial charge on any atom is -0.508 e. The van der Waals surface area contributed by atoms with Gasteiger partial charge in [-0.15, -0.1) is 0 Å². The van der Waals surface area contributed by atoms with Gasteiger partial charge in [0.2, 0.25) is 17.7 Å². The lowest BCUT2D eigenvalue weighted by Gasteiger charge is -2.25. The van der Waals surface area contributed by atoms with Crippen LogP contribution < -0.4 is 27.4 Å². The number of nitrogens with two attached hydrogens (primary N) is 2. The SMILES string of the molecule is NCCCCC(NC(=O)C(Cc1ccccc1)NC(=O)C(Cc1ccc(O)cc1)NC(=O)CN)C(=O)O. The highest BCUT2D eigenvalue weighted by Crippen LogP contribution is 2.12. The fourth-order valence-electron chi connectivity index (χ4n) is 3.68. The van der Waals surface area contributed by atoms with Crippen LogP contribution in [0.15, 0.2) is 54.6 Å². The zero-order valence-corrected chi connectivity index (χ0v) is 20.6. The Kier molecular flexibility index (Phi) is 12.0. The quantitative estimate of drug-likeness (QED) is 0.159. The van der Waals surface area contributed by atoms with Gasteiger partial charge in [-0.25, -0.2) is 4.79 Å². The van der Waals surface area contributed by atoms with Gasteiger partial charge in [-0.1, -0.05) is 42.5 Å². The Morgan fingerprint density at radius 2 is 1.27 bits per heavy atom. The molecule has 2 aromatic carbocycles. The Morgan fingerprint density at radius 3 is 1.81 bits per heavy atom. The lowest BCUT2D eigenvalue weighted by Crippen LogP contribution is -2.57. The second-order valence-electron chi connectivity index (χ2n) is 8.63. The van der Waals surface area contributed by atoms with E-state index in [1.165, 1.54) is 12.1 Å². The van der Waals surface area contributed by atoms with E-state index >= 15 is 0 Å². The minimum atomic E-state index is -1.18. The number of phenolic OH excluding ortho intramolecular Hbond substituents is 1. The molecule has 0 fully saturated rings. The van der Waals surface area contributed by atoms with Crippen LogP contribution in [0.3, 0.4) is 0 Å². The molecule has 0 aliphatic rings. The minimum absolute atomic E-state index is 0.0507. The van der Waals surface area contributed by atoms with Crippen LogP contribution in [0.1, 0.15) is 30.4 Å². The number of carbonyl (C=O) groups excluding carboxylic acids is 3. The van der Waals surface area contributed by atoms with Gasteiger partial charge in [-0.2, -0.15) is 0 Å². The Morgan fingerprint density at radius 1 is 0.730 bits per heavy atom. The van der Waals surface area contributed by atoms with Crippen molar-refractivity contribution < 1.29 is 29.4 Å². The molecule has 2 rings (SSSR count). The standard InChI is InChI=1S/C26H35N5O6/c27-13-5-4-8-20(26(36)37)30-25(35)22(14-17-6-2-1-3-7-17)31-24(34)21(29-23(33)16-28)15-18-9-11-19(32)12-10-18/h1-3,6-7,9-12,20-22,32H,4-5,8,13-16,27-28H2,(H,29,33)(H,30,35)(H,31,34)(H,36,37). The van der Waals surface area contributed by atoms with Crippen LogP contribution in [-0.4, -0.2) is 65.1 Å². The molecule has 11 heteroatoms. The highest BCUT2D eigenvalue weighted by Gasteiger charge is 2.29. The second kappa shape index (κ2) is 15.2. The zero-order chi connectivity index (χ0) is 27.2. The van der Waals surface area contributed by atoms with Gasteiger partial charge in [0.05, 0.1) is 6.54 Å². The first kappa shape index (κ1) is 29.3. The molecule has 3 atom stereocenters. The number of nitrogens with one attached hydrogen (secondary N) is 3. The molecule has 3 unspecified atom stereocenters. The lowest BCUT2D eigenvalue weighted by molar-refractivity contribution is -0.142. The summed E-state index contributed by atoms with van der Waals surface area (Å²) in [5.41, 5.74) is 12.3. The predicted molar refractivity (Wildman–Crippen MR) is 137 cm³/mol. The summed E-state index contributed by atoms with van der Waals surface area (Å²) in [6.45, 7) is 0.0697. The molecule has 0 saturated heterocycles. The third-order valence-electron chi connectivity index (χ3n) is 5.69. The first-order valence-corrected chi connectivity index (χ1v) is 12.1. The van der Waals surface area contributed by atoms with E-state index in [4.69, 9.17) is 11.5 Å². The number of carboxylic acid groups (broad SMARTS) is 1. The molecule has 0 bridgehead atoms. The van der Waals surface area contributed by atoms with Gasteiger partial charge in [-0.05, 0) is 49.1 Å². The monoisotopic (exact) mass is 513 g/mol. The number of unbranched alkanes of at least 4 members (excludes halogenated alkanes) is 1. The number of rotatable bonds is 15. The molecule has 200 valence electrons. The molecule has 37 heavy (non-hydrogen) atoms. The van der Waals surface area contributed by atoms with Crippen LogP contribution in [0.4, 0.5) is 0 Å². The third-order valence-corrected chi connectivity index (χ3v) is 5.69. The van der Waals surface area contributed by atoms with Gasteiger partial charge in [-0.3, -0.25) is 14.4 Å². The molecule has 0 aromatic heterocycles. The van der Waals surface area contributed by atoms with Crippen LogP contribution in [-0.2, 0) is 32.0 Å². The maximum absolute atomic E-state index is 13.3. The third kappa shape index (κ3) is 10.3. The molecule has 0 aliphatic carbocycles. The first-order chi connectivity index (χ1) is 17.7. The number of amides is 3. The largest absolute Gasteiger partial charge is 0.508 e. The fraction of sp³-hybridized carbons (Fsp3) is 0.385. The molecule has 3 amide bonds. The number of aromatic hydroxyl groups is 1. The van der Waals surface area contributed by atoms with E-state index < -0.39 is 41.8 Å². The smallest absolute Gasteiger partial charge is 0.326 e. The van der Waals surface area contributed by atoms with Crippen LogP contribution in [0.25, 0.3) is 0 Å². The summed E-state index contributed by atoms with van der Waals surface area (Å²) in [5.74, 6) is -2.99. The van der Waals surface area contributed by atoms with E-state index in [2.05, 4.69) is 16.0 Å². The molecule has 0 aliphatic heterocycles. The van der Waals surface area contributed by atoms with Gasteiger partial charge >= 0.3 is 5.97 Å². The van der Waals surface area contributed by atoms with Crippen molar-refractivity contribution in [3.63, 3.8) is 0 Å². The summed E-state index contributed by atoms with van der Waals surface area (Å²) in [5, 5.41) is 26.8. The van der Waals surface area contributed by atoms with Gasteiger partial charge < -0.3 is 37.6 Å². The summed E-state index contributed by atoms with van der Waals surface area (Å²) >= 11 is 0. The maximum Gasteiger partial charge on any atom is 0.326 e. The summed E-state index contributed by atoms with van der Waals surface area (Å²) in [6, 6.07) is 11.8. The Balaban J connectivity index is 2.24. The Labute approximate surface area is 215 Å². The van der Waals surface area contributed by atoms with Gasteiger partial charge in [0.15, 0.2) is 0 Å². The fourth-order valence-corrected chi connectivity index (χ4v) is 3.68. The number of benzene rings is 2. The molecule has 0 spiro atoms. The first-order valence-electron chi connectivity index (χ1n) is 12.1. The Bertz CT molecular complexity index is 1030. The van der Waals surface area contributed by atoms with E-state index in [-0.39, 0.29) is 31.6 Å². The van der Waals surface area contributed by atoms with Crippen molar-refractivity contribution in [3.05, 3.63) is 65.7 Å². The van der Waals surface area contributed by atoms with Gasteiger partial charge in [0, 0.05) is 12.8 Å². The van der Waals surface area contributed by atoms with Crippen molar-refractivity contribution in [3.8, 4) is 5.75 Å².